The van der Waals surface area contributed by atoms with Crippen LogP contribution in [0.25, 0.3) is 0 Å². The molecule has 0 amide bonds. The van der Waals surface area contributed by atoms with Crippen LogP contribution in [-0.2, 0) is 11.8 Å². The lowest BCUT2D eigenvalue weighted by atomic mass is 9.57. The van der Waals surface area contributed by atoms with Crippen molar-refractivity contribution in [1.82, 2.24) is 4.90 Å². The molecule has 3 nitrogen and oxygen atoms in total. The highest BCUT2D eigenvalue weighted by Crippen LogP contribution is 2.56. The molecule has 4 rings (SSSR count). The number of phenols is 2. The molecule has 24 heavy (non-hydrogen) atoms. The van der Waals surface area contributed by atoms with E-state index in [1.165, 1.54) is 12.1 Å². The highest BCUT2D eigenvalue weighted by molar-refractivity contribution is 5.50. The molecule has 1 aliphatic carbocycles. The van der Waals surface area contributed by atoms with Crippen LogP contribution in [0.15, 0.2) is 36.4 Å². The minimum Gasteiger partial charge on any atom is -0.504 e. The first-order valence-electron chi connectivity index (χ1n) is 8.52. The van der Waals surface area contributed by atoms with E-state index in [1.54, 1.807) is 12.1 Å². The highest BCUT2D eigenvalue weighted by Gasteiger charge is 2.49. The minimum absolute atomic E-state index is 0.0542. The molecule has 1 saturated carbocycles. The van der Waals surface area contributed by atoms with Crippen molar-refractivity contribution in [2.45, 2.75) is 37.1 Å². The molecule has 2 aromatic carbocycles. The van der Waals surface area contributed by atoms with Crippen molar-refractivity contribution < 1.29 is 14.6 Å². The fourth-order valence-corrected chi connectivity index (χ4v) is 4.55. The molecule has 2 aliphatic rings. The molecule has 1 unspecified atom stereocenters. The summed E-state index contributed by atoms with van der Waals surface area (Å²) in [6, 6.07) is 10.4. The van der Waals surface area contributed by atoms with Gasteiger partial charge in [0.05, 0.1) is 0 Å². The fourth-order valence-electron chi connectivity index (χ4n) is 4.55. The van der Waals surface area contributed by atoms with E-state index in [0.29, 0.717) is 0 Å². The van der Waals surface area contributed by atoms with Crippen molar-refractivity contribution in [1.29, 1.82) is 0 Å². The summed E-state index contributed by atoms with van der Waals surface area (Å²) in [5, 5.41) is 19.9. The topological polar surface area (TPSA) is 43.7 Å². The fraction of sp³-hybridized carbons (Fsp3) is 0.400. The molecule has 0 spiro atoms. The van der Waals surface area contributed by atoms with Gasteiger partial charge in [0.2, 0.25) is 0 Å². The second-order valence-corrected chi connectivity index (χ2v) is 7.19. The zero-order valence-corrected chi connectivity index (χ0v) is 13.8. The molecule has 1 heterocycles. The number of halogens is 1. The molecule has 1 fully saturated rings. The Hall–Kier alpha value is -2.07. The third kappa shape index (κ3) is 2.20. The van der Waals surface area contributed by atoms with Gasteiger partial charge in [-0.05, 0) is 67.3 Å². The standard InChI is InChI=1S/C20H22FNO2/c1-22-10-7-13-11-17(23)18(24)12-16(13)19(22)20(8-2-9-20)14-3-5-15(21)6-4-14/h3-6,11-12,19,23-24H,2,7-10H2,1H3. The molecule has 0 bridgehead atoms. The third-order valence-corrected chi connectivity index (χ3v) is 5.89. The van der Waals surface area contributed by atoms with E-state index >= 15 is 0 Å². The number of fused-ring (bicyclic) bond motifs is 1. The second-order valence-electron chi connectivity index (χ2n) is 7.19. The van der Waals surface area contributed by atoms with Gasteiger partial charge in [0.25, 0.3) is 0 Å². The first-order valence-corrected chi connectivity index (χ1v) is 8.52. The van der Waals surface area contributed by atoms with Crippen LogP contribution in [0.2, 0.25) is 0 Å². The lowest BCUT2D eigenvalue weighted by molar-refractivity contribution is 0.0714. The summed E-state index contributed by atoms with van der Waals surface area (Å²) in [6.07, 6.45) is 4.11. The van der Waals surface area contributed by atoms with Gasteiger partial charge in [-0.1, -0.05) is 18.6 Å². The summed E-state index contributed by atoms with van der Waals surface area (Å²) < 4.78 is 13.4. The molecule has 4 heteroatoms. The molecule has 126 valence electrons. The molecule has 0 radical (unpaired) electrons. The van der Waals surface area contributed by atoms with Crippen molar-refractivity contribution in [2.75, 3.05) is 13.6 Å². The summed E-state index contributed by atoms with van der Waals surface area (Å²) >= 11 is 0. The van der Waals surface area contributed by atoms with E-state index in [9.17, 15) is 14.6 Å². The Balaban J connectivity index is 1.85. The smallest absolute Gasteiger partial charge is 0.157 e. The zero-order valence-electron chi connectivity index (χ0n) is 13.8. The van der Waals surface area contributed by atoms with Gasteiger partial charge < -0.3 is 10.2 Å². The van der Waals surface area contributed by atoms with Crippen LogP contribution in [-0.4, -0.2) is 28.7 Å². The molecule has 2 N–H and O–H groups in total. The van der Waals surface area contributed by atoms with Crippen molar-refractivity contribution in [3.05, 3.63) is 58.9 Å². The summed E-state index contributed by atoms with van der Waals surface area (Å²) in [4.78, 5) is 2.33. The van der Waals surface area contributed by atoms with Crippen LogP contribution in [0.1, 0.15) is 42.0 Å². The maximum absolute atomic E-state index is 13.4. The lowest BCUT2D eigenvalue weighted by Gasteiger charge is -2.53. The number of likely N-dealkylation sites (N-methyl/N-ethyl adjacent to an activating group) is 1. The molecule has 0 saturated heterocycles. The molecular formula is C20H22FNO2. The number of nitrogens with zero attached hydrogens (tertiary/aromatic N) is 1. The Morgan fingerprint density at radius 3 is 2.38 bits per heavy atom. The van der Waals surface area contributed by atoms with E-state index in [0.717, 1.165) is 48.9 Å². The molecule has 1 aliphatic heterocycles. The summed E-state index contributed by atoms with van der Waals surface area (Å²) in [5.74, 6) is -0.336. The van der Waals surface area contributed by atoms with Crippen molar-refractivity contribution in [3.63, 3.8) is 0 Å². The zero-order chi connectivity index (χ0) is 16.9. The van der Waals surface area contributed by atoms with Gasteiger partial charge in [-0.2, -0.15) is 0 Å². The van der Waals surface area contributed by atoms with E-state index < -0.39 is 0 Å². The van der Waals surface area contributed by atoms with Crippen molar-refractivity contribution >= 4 is 0 Å². The van der Waals surface area contributed by atoms with Crippen molar-refractivity contribution in [2.24, 2.45) is 0 Å². The number of hydrogen-bond acceptors (Lipinski definition) is 3. The largest absolute Gasteiger partial charge is 0.504 e. The minimum atomic E-state index is -0.215. The van der Waals surface area contributed by atoms with Gasteiger partial charge in [0.15, 0.2) is 11.5 Å². The number of benzene rings is 2. The molecule has 2 aromatic rings. The number of aromatic hydroxyl groups is 2. The van der Waals surface area contributed by atoms with Crippen LogP contribution in [0.5, 0.6) is 11.5 Å². The monoisotopic (exact) mass is 327 g/mol. The Morgan fingerprint density at radius 2 is 1.75 bits per heavy atom. The third-order valence-electron chi connectivity index (χ3n) is 5.89. The predicted octanol–water partition coefficient (Wildman–Crippen LogP) is 3.89. The predicted molar refractivity (Wildman–Crippen MR) is 90.8 cm³/mol. The lowest BCUT2D eigenvalue weighted by Crippen LogP contribution is -2.49. The number of rotatable bonds is 2. The average Bonchev–Trinajstić information content (AvgIpc) is 2.52. The van der Waals surface area contributed by atoms with E-state index in [2.05, 4.69) is 11.9 Å². The van der Waals surface area contributed by atoms with Gasteiger partial charge >= 0.3 is 0 Å². The molecule has 1 atom stereocenters. The second kappa shape index (κ2) is 5.49. The Bertz CT molecular complexity index is 768. The number of phenolic OH excluding ortho intramolecular Hbond substituents is 2. The van der Waals surface area contributed by atoms with Crippen LogP contribution in [0.3, 0.4) is 0 Å². The maximum Gasteiger partial charge on any atom is 0.157 e. The summed E-state index contributed by atoms with van der Waals surface area (Å²) in [7, 11) is 2.11. The molecule has 0 aromatic heterocycles. The average molecular weight is 327 g/mol. The van der Waals surface area contributed by atoms with Gasteiger partial charge in [0, 0.05) is 18.0 Å². The Kier molecular flexibility index (Phi) is 3.53. The van der Waals surface area contributed by atoms with Crippen LogP contribution >= 0.6 is 0 Å². The maximum atomic E-state index is 13.4. The van der Waals surface area contributed by atoms with Crippen molar-refractivity contribution in [3.8, 4) is 11.5 Å². The van der Waals surface area contributed by atoms with Crippen LogP contribution in [0.4, 0.5) is 4.39 Å². The van der Waals surface area contributed by atoms with Gasteiger partial charge in [0.1, 0.15) is 5.82 Å². The normalized spacial score (nSPS) is 22.7. The SMILES string of the molecule is CN1CCc2cc(O)c(O)cc2C1C1(c2ccc(F)cc2)CCC1. The summed E-state index contributed by atoms with van der Waals surface area (Å²) in [5.41, 5.74) is 3.29. The van der Waals surface area contributed by atoms with E-state index in [-0.39, 0.29) is 28.8 Å². The van der Waals surface area contributed by atoms with E-state index in [4.69, 9.17) is 0 Å². The van der Waals surface area contributed by atoms with Gasteiger partial charge in [-0.25, -0.2) is 4.39 Å². The van der Waals surface area contributed by atoms with Crippen LogP contribution in [0, 0.1) is 5.82 Å². The highest BCUT2D eigenvalue weighted by atomic mass is 19.1. The Morgan fingerprint density at radius 1 is 1.08 bits per heavy atom. The first kappa shape index (κ1) is 15.5. The van der Waals surface area contributed by atoms with Gasteiger partial charge in [-0.15, -0.1) is 0 Å². The summed E-state index contributed by atoms with van der Waals surface area (Å²) in [6.45, 7) is 0.908. The number of hydrogen-bond donors (Lipinski definition) is 2. The van der Waals surface area contributed by atoms with Gasteiger partial charge in [-0.3, -0.25) is 4.90 Å². The first-order chi connectivity index (χ1) is 11.5. The molecular weight excluding hydrogens is 305 g/mol. The quantitative estimate of drug-likeness (QED) is 0.823. The Labute approximate surface area is 141 Å². The van der Waals surface area contributed by atoms with Crippen LogP contribution < -0.4 is 0 Å². The van der Waals surface area contributed by atoms with E-state index in [1.807, 2.05) is 12.1 Å².